The summed E-state index contributed by atoms with van der Waals surface area (Å²) in [6.07, 6.45) is 0.418. The first-order valence-corrected chi connectivity index (χ1v) is 10.6. The lowest BCUT2D eigenvalue weighted by Crippen LogP contribution is -2.39. The van der Waals surface area contributed by atoms with Crippen LogP contribution in [0.1, 0.15) is 46.0 Å². The van der Waals surface area contributed by atoms with Crippen LogP contribution >= 0.6 is 12.9 Å². The van der Waals surface area contributed by atoms with Gasteiger partial charge in [0.2, 0.25) is 0 Å². The fourth-order valence-corrected chi connectivity index (χ4v) is 3.93. The zero-order chi connectivity index (χ0) is 23.8. The van der Waals surface area contributed by atoms with Crippen LogP contribution in [0, 0.1) is 11.3 Å². The number of methoxy groups -OCH3 is 1. The first-order chi connectivity index (χ1) is 15.8. The van der Waals surface area contributed by atoms with Crippen LogP contribution in [-0.4, -0.2) is 35.3 Å². The second-order valence-electron chi connectivity index (χ2n) is 8.15. The lowest BCUT2D eigenvalue weighted by Gasteiger charge is -2.28. The van der Waals surface area contributed by atoms with Gasteiger partial charge in [-0.1, -0.05) is 12.1 Å². The van der Waals surface area contributed by atoms with Crippen LogP contribution in [0.2, 0.25) is 0 Å². The molecule has 1 aliphatic heterocycles. The van der Waals surface area contributed by atoms with Crippen molar-refractivity contribution in [2.45, 2.75) is 25.7 Å². The molecule has 0 saturated heterocycles. The Kier molecular flexibility index (Phi) is 5.87. The van der Waals surface area contributed by atoms with E-state index in [4.69, 9.17) is 4.74 Å². The van der Waals surface area contributed by atoms with E-state index in [1.807, 2.05) is 38.1 Å². The lowest BCUT2D eigenvalue weighted by atomic mass is 9.86. The molecule has 33 heavy (non-hydrogen) atoms. The van der Waals surface area contributed by atoms with E-state index in [0.29, 0.717) is 41.3 Å². The minimum atomic E-state index is -0.716. The summed E-state index contributed by atoms with van der Waals surface area (Å²) in [4.78, 5) is 27.6. The molecule has 0 atom stereocenters. The Labute approximate surface area is 196 Å². The molecule has 168 valence electrons. The molecule has 0 radical (unpaired) electrons. The van der Waals surface area contributed by atoms with Gasteiger partial charge in [-0.2, -0.15) is 10.4 Å². The van der Waals surface area contributed by atoms with Crippen LogP contribution in [0.15, 0.2) is 48.5 Å². The summed E-state index contributed by atoms with van der Waals surface area (Å²) >= 11 is 3.62. The minimum Gasteiger partial charge on any atom is -0.497 e. The largest absolute Gasteiger partial charge is 0.497 e. The molecular weight excluding hydrogens is 440 g/mol. The van der Waals surface area contributed by atoms with E-state index in [2.05, 4.69) is 28.3 Å². The molecule has 0 saturated carbocycles. The number of fused-ring (bicyclic) bond motifs is 1. The third-order valence-electron chi connectivity index (χ3n) is 5.79. The standard InChI is InChI=1S/C24H22N4O4S/c1-24(2,14-25)15-4-6-16(7-5-15)27-13-12-19-20(23(30)32-33)26-28(21(19)22(27)29)17-8-10-18(31-3)11-9-17/h4-11,33H,12-13H2,1-3H3. The zero-order valence-corrected chi connectivity index (χ0v) is 19.3. The molecule has 0 unspecified atom stereocenters. The molecule has 2 heterocycles. The highest BCUT2D eigenvalue weighted by molar-refractivity contribution is 7.75. The van der Waals surface area contributed by atoms with Crippen molar-refractivity contribution in [1.29, 1.82) is 5.26 Å². The number of hydrogen-bond acceptors (Lipinski definition) is 7. The predicted molar refractivity (Wildman–Crippen MR) is 125 cm³/mol. The highest BCUT2D eigenvalue weighted by Crippen LogP contribution is 2.31. The topological polar surface area (TPSA) is 97.5 Å². The predicted octanol–water partition coefficient (Wildman–Crippen LogP) is 3.89. The Morgan fingerprint density at radius 2 is 1.76 bits per heavy atom. The van der Waals surface area contributed by atoms with Gasteiger partial charge in [-0.3, -0.25) is 4.79 Å². The van der Waals surface area contributed by atoms with E-state index in [-0.39, 0.29) is 11.6 Å². The molecular formula is C24H22N4O4S. The van der Waals surface area contributed by atoms with Crippen molar-refractivity contribution in [2.24, 2.45) is 0 Å². The van der Waals surface area contributed by atoms with E-state index in [1.165, 1.54) is 4.68 Å². The number of benzene rings is 2. The second-order valence-corrected chi connectivity index (χ2v) is 8.34. The number of carbonyl (C=O) groups is 2. The van der Waals surface area contributed by atoms with Crippen molar-refractivity contribution in [1.82, 2.24) is 9.78 Å². The van der Waals surface area contributed by atoms with Crippen molar-refractivity contribution in [3.63, 3.8) is 0 Å². The monoisotopic (exact) mass is 462 g/mol. The maximum atomic E-state index is 13.6. The second kappa shape index (κ2) is 8.64. The van der Waals surface area contributed by atoms with Gasteiger partial charge in [0.1, 0.15) is 11.4 Å². The van der Waals surface area contributed by atoms with Crippen LogP contribution in [0.3, 0.4) is 0 Å². The van der Waals surface area contributed by atoms with E-state index in [0.717, 1.165) is 5.56 Å². The molecule has 4 rings (SSSR count). The average Bonchev–Trinajstić information content (AvgIpc) is 3.24. The quantitative estimate of drug-likeness (QED) is 0.456. The number of ether oxygens (including phenoxy) is 1. The van der Waals surface area contributed by atoms with Gasteiger partial charge in [-0.15, -0.1) is 0 Å². The first kappa shape index (κ1) is 22.4. The molecule has 2 aromatic carbocycles. The summed E-state index contributed by atoms with van der Waals surface area (Å²) < 4.78 is 11.3. The van der Waals surface area contributed by atoms with Gasteiger partial charge >= 0.3 is 5.97 Å². The van der Waals surface area contributed by atoms with Crippen molar-refractivity contribution >= 4 is 30.5 Å². The van der Waals surface area contributed by atoms with E-state index in [1.54, 1.807) is 36.3 Å². The Bertz CT molecular complexity index is 1260. The third-order valence-corrected chi connectivity index (χ3v) is 5.96. The summed E-state index contributed by atoms with van der Waals surface area (Å²) in [7, 11) is 1.57. The van der Waals surface area contributed by atoms with E-state index < -0.39 is 11.4 Å². The Morgan fingerprint density at radius 1 is 1.12 bits per heavy atom. The van der Waals surface area contributed by atoms with Crippen LogP contribution in [0.25, 0.3) is 5.69 Å². The molecule has 1 aliphatic rings. The van der Waals surface area contributed by atoms with Gasteiger partial charge in [-0.25, -0.2) is 9.48 Å². The molecule has 0 aliphatic carbocycles. The number of anilines is 1. The number of carbonyl (C=O) groups excluding carboxylic acids is 2. The maximum Gasteiger partial charge on any atom is 0.370 e. The van der Waals surface area contributed by atoms with Gasteiger partial charge in [0.05, 0.1) is 24.3 Å². The Balaban J connectivity index is 1.77. The van der Waals surface area contributed by atoms with Crippen LogP contribution < -0.4 is 9.64 Å². The van der Waals surface area contributed by atoms with Crippen molar-refractivity contribution in [3.8, 4) is 17.5 Å². The zero-order valence-electron chi connectivity index (χ0n) is 18.4. The number of nitriles is 1. The van der Waals surface area contributed by atoms with Gasteiger partial charge in [0, 0.05) is 30.7 Å². The fraction of sp³-hybridized carbons (Fsp3) is 0.250. The maximum absolute atomic E-state index is 13.6. The lowest BCUT2D eigenvalue weighted by molar-refractivity contribution is 0.0764. The van der Waals surface area contributed by atoms with E-state index in [9.17, 15) is 14.9 Å². The molecule has 8 nitrogen and oxygen atoms in total. The Hall–Kier alpha value is -3.77. The number of aromatic nitrogens is 2. The fourth-order valence-electron chi connectivity index (χ4n) is 3.85. The number of hydrogen-bond donors (Lipinski definition) is 1. The number of thiol groups is 1. The summed E-state index contributed by atoms with van der Waals surface area (Å²) in [6.45, 7) is 4.06. The van der Waals surface area contributed by atoms with Gasteiger partial charge in [-0.05, 0) is 62.2 Å². The molecule has 0 N–H and O–H groups in total. The van der Waals surface area contributed by atoms with Crippen LogP contribution in [-0.2, 0) is 16.0 Å². The van der Waals surface area contributed by atoms with Crippen molar-refractivity contribution < 1.29 is 18.5 Å². The Morgan fingerprint density at radius 3 is 2.33 bits per heavy atom. The molecule has 1 amide bonds. The highest BCUT2D eigenvalue weighted by atomic mass is 32.1. The first-order valence-electron chi connectivity index (χ1n) is 10.3. The average molecular weight is 463 g/mol. The van der Waals surface area contributed by atoms with Gasteiger partial charge in [0.25, 0.3) is 5.91 Å². The van der Waals surface area contributed by atoms with Crippen molar-refractivity contribution in [3.05, 3.63) is 71.0 Å². The third kappa shape index (κ3) is 3.94. The molecule has 0 bridgehead atoms. The number of nitrogens with zero attached hydrogens (tertiary/aromatic N) is 4. The van der Waals surface area contributed by atoms with Crippen LogP contribution in [0.4, 0.5) is 5.69 Å². The van der Waals surface area contributed by atoms with E-state index >= 15 is 0 Å². The minimum absolute atomic E-state index is 0.0648. The molecule has 9 heteroatoms. The van der Waals surface area contributed by atoms with Crippen LogP contribution in [0.5, 0.6) is 5.75 Å². The summed E-state index contributed by atoms with van der Waals surface area (Å²) in [5.41, 5.74) is 2.41. The number of amides is 1. The normalized spacial score (nSPS) is 13.3. The molecule has 0 fully saturated rings. The van der Waals surface area contributed by atoms with Crippen molar-refractivity contribution in [2.75, 3.05) is 18.6 Å². The smallest absolute Gasteiger partial charge is 0.370 e. The molecule has 1 aromatic heterocycles. The van der Waals surface area contributed by atoms with Gasteiger partial charge in [0.15, 0.2) is 5.69 Å². The molecule has 0 spiro atoms. The highest BCUT2D eigenvalue weighted by Gasteiger charge is 2.35. The summed E-state index contributed by atoms with van der Waals surface area (Å²) in [6, 6.07) is 16.7. The summed E-state index contributed by atoms with van der Waals surface area (Å²) in [5, 5.41) is 13.8. The van der Waals surface area contributed by atoms with Gasteiger partial charge < -0.3 is 13.8 Å². The SMILES string of the molecule is COc1ccc(-n2nc(C(=O)OS)c3c2C(=O)N(c2ccc(C(C)(C)C#N)cc2)CC3)cc1. The number of rotatable bonds is 5. The summed E-state index contributed by atoms with van der Waals surface area (Å²) in [5.74, 6) is -0.348. The molecule has 3 aromatic rings.